The average molecular weight is 424 g/mol. The molecule has 158 valence electrons. The van der Waals surface area contributed by atoms with Crippen LogP contribution >= 0.6 is 12.4 Å². The summed E-state index contributed by atoms with van der Waals surface area (Å²) in [4.78, 5) is 18.9. The topological polar surface area (TPSA) is 83.3 Å². The maximum atomic E-state index is 13.1. The minimum Gasteiger partial charge on any atom is -0.354 e. The van der Waals surface area contributed by atoms with Gasteiger partial charge in [0.25, 0.3) is 0 Å². The molecule has 7 nitrogen and oxygen atoms in total. The summed E-state index contributed by atoms with van der Waals surface area (Å²) in [5.74, 6) is 1.29. The summed E-state index contributed by atoms with van der Waals surface area (Å²) in [7, 11) is 0. The minimum absolute atomic E-state index is 0. The summed E-state index contributed by atoms with van der Waals surface area (Å²) in [6.07, 6.45) is 4.19. The number of nitrogens with zero attached hydrogens (tertiary/aromatic N) is 3. The van der Waals surface area contributed by atoms with Crippen molar-refractivity contribution in [3.05, 3.63) is 36.0 Å². The van der Waals surface area contributed by atoms with Crippen LogP contribution in [0.3, 0.4) is 0 Å². The molecule has 2 aliphatic rings. The number of hydrogen-bond donors (Lipinski definition) is 2. The van der Waals surface area contributed by atoms with Gasteiger partial charge in [-0.25, -0.2) is 4.39 Å². The van der Waals surface area contributed by atoms with Crippen LogP contribution < -0.4 is 10.6 Å². The number of hydrogen-bond acceptors (Lipinski definition) is 6. The van der Waals surface area contributed by atoms with Crippen LogP contribution in [0, 0.1) is 11.7 Å². The number of carbonyl (C=O) groups is 1. The molecular weight excluding hydrogens is 397 g/mol. The summed E-state index contributed by atoms with van der Waals surface area (Å²) < 4.78 is 18.4. The standard InChI is InChI=1S/C20H26FN5O2.ClH/c21-16-7-5-15(6-8-16)19-24-18(28-25-19)13-26-10-2-3-14(12-26)11-23-20(27)17-4-1-9-22-17;/h5-8,14,17,22H,1-4,9-13H2,(H,23,27);1H. The Hall–Kier alpha value is -2.03. The zero-order chi connectivity index (χ0) is 19.3. The summed E-state index contributed by atoms with van der Waals surface area (Å²) in [6, 6.07) is 6.03. The molecule has 2 aromatic rings. The van der Waals surface area contributed by atoms with E-state index in [0.717, 1.165) is 50.9 Å². The van der Waals surface area contributed by atoms with Crippen molar-refractivity contribution in [2.24, 2.45) is 5.92 Å². The van der Waals surface area contributed by atoms with Gasteiger partial charge in [-0.2, -0.15) is 4.98 Å². The third-order valence-electron chi connectivity index (χ3n) is 5.47. The van der Waals surface area contributed by atoms with Crippen molar-refractivity contribution in [1.82, 2.24) is 25.7 Å². The Morgan fingerprint density at radius 1 is 1.28 bits per heavy atom. The zero-order valence-electron chi connectivity index (χ0n) is 16.3. The van der Waals surface area contributed by atoms with Gasteiger partial charge in [-0.05, 0) is 69.0 Å². The maximum absolute atomic E-state index is 13.1. The fourth-order valence-corrected chi connectivity index (χ4v) is 3.96. The molecule has 3 heterocycles. The predicted molar refractivity (Wildman–Crippen MR) is 109 cm³/mol. The summed E-state index contributed by atoms with van der Waals surface area (Å²) >= 11 is 0. The first-order valence-corrected chi connectivity index (χ1v) is 9.99. The number of aromatic nitrogens is 2. The Labute approximate surface area is 175 Å². The highest BCUT2D eigenvalue weighted by molar-refractivity contribution is 5.85. The molecule has 4 rings (SSSR count). The lowest BCUT2D eigenvalue weighted by molar-refractivity contribution is -0.123. The van der Waals surface area contributed by atoms with Crippen LogP contribution in [0.2, 0.25) is 0 Å². The second-order valence-electron chi connectivity index (χ2n) is 7.66. The highest BCUT2D eigenvalue weighted by Gasteiger charge is 2.25. The first kappa shape index (κ1) is 21.7. The molecule has 2 fully saturated rings. The van der Waals surface area contributed by atoms with E-state index in [1.807, 2.05) is 0 Å². The van der Waals surface area contributed by atoms with Gasteiger partial charge in [0.2, 0.25) is 17.6 Å². The van der Waals surface area contributed by atoms with Crippen molar-refractivity contribution in [2.45, 2.75) is 38.3 Å². The Morgan fingerprint density at radius 3 is 2.86 bits per heavy atom. The molecule has 29 heavy (non-hydrogen) atoms. The highest BCUT2D eigenvalue weighted by Crippen LogP contribution is 2.20. The van der Waals surface area contributed by atoms with E-state index in [-0.39, 0.29) is 30.2 Å². The molecule has 2 unspecified atom stereocenters. The van der Waals surface area contributed by atoms with Crippen molar-refractivity contribution < 1.29 is 13.7 Å². The van der Waals surface area contributed by atoms with E-state index >= 15 is 0 Å². The summed E-state index contributed by atoms with van der Waals surface area (Å²) in [5.41, 5.74) is 0.733. The number of benzene rings is 1. The molecule has 2 saturated heterocycles. The van der Waals surface area contributed by atoms with Gasteiger partial charge < -0.3 is 15.2 Å². The number of nitrogens with one attached hydrogen (secondary N) is 2. The fraction of sp³-hybridized carbons (Fsp3) is 0.550. The van der Waals surface area contributed by atoms with Crippen molar-refractivity contribution >= 4 is 18.3 Å². The van der Waals surface area contributed by atoms with Crippen molar-refractivity contribution in [2.75, 3.05) is 26.2 Å². The SMILES string of the molecule is Cl.O=C(NCC1CCCN(Cc2nc(-c3ccc(F)cc3)no2)C1)C1CCCN1. The second-order valence-corrected chi connectivity index (χ2v) is 7.66. The molecule has 1 amide bonds. The zero-order valence-corrected chi connectivity index (χ0v) is 17.1. The third kappa shape index (κ3) is 5.74. The molecule has 2 aliphatic heterocycles. The number of likely N-dealkylation sites (tertiary alicyclic amines) is 1. The molecule has 0 aliphatic carbocycles. The van der Waals surface area contributed by atoms with Crippen LogP contribution in [0.15, 0.2) is 28.8 Å². The Kier molecular flexibility index (Phi) is 7.57. The summed E-state index contributed by atoms with van der Waals surface area (Å²) in [5, 5.41) is 10.3. The van der Waals surface area contributed by atoms with Crippen molar-refractivity contribution in [3.8, 4) is 11.4 Å². The first-order valence-electron chi connectivity index (χ1n) is 9.99. The fourth-order valence-electron chi connectivity index (χ4n) is 3.96. The lowest BCUT2D eigenvalue weighted by atomic mass is 9.98. The normalized spacial score (nSPS) is 22.2. The van der Waals surface area contributed by atoms with Gasteiger partial charge in [0.1, 0.15) is 5.82 Å². The van der Waals surface area contributed by atoms with Gasteiger partial charge in [0.05, 0.1) is 12.6 Å². The molecule has 0 radical (unpaired) electrons. The van der Waals surface area contributed by atoms with E-state index in [2.05, 4.69) is 25.7 Å². The predicted octanol–water partition coefficient (Wildman–Crippen LogP) is 2.38. The van der Waals surface area contributed by atoms with Crippen LogP contribution in [0.1, 0.15) is 31.6 Å². The third-order valence-corrected chi connectivity index (χ3v) is 5.47. The molecule has 1 aromatic heterocycles. The quantitative estimate of drug-likeness (QED) is 0.742. The molecule has 0 bridgehead atoms. The Bertz CT molecular complexity index is 794. The van der Waals surface area contributed by atoms with E-state index in [0.29, 0.717) is 30.7 Å². The minimum atomic E-state index is -0.289. The number of rotatable bonds is 6. The van der Waals surface area contributed by atoms with Crippen molar-refractivity contribution in [1.29, 1.82) is 0 Å². The molecule has 2 N–H and O–H groups in total. The lowest BCUT2D eigenvalue weighted by Crippen LogP contribution is -2.45. The Morgan fingerprint density at radius 2 is 2.10 bits per heavy atom. The van der Waals surface area contributed by atoms with Gasteiger partial charge in [0.15, 0.2) is 0 Å². The van der Waals surface area contributed by atoms with Crippen molar-refractivity contribution in [3.63, 3.8) is 0 Å². The van der Waals surface area contributed by atoms with Crippen LogP contribution in [-0.2, 0) is 11.3 Å². The molecule has 0 saturated carbocycles. The molecule has 0 spiro atoms. The smallest absolute Gasteiger partial charge is 0.241 e. The van der Waals surface area contributed by atoms with Gasteiger partial charge in [-0.3, -0.25) is 9.69 Å². The first-order chi connectivity index (χ1) is 13.7. The number of piperidine rings is 1. The second kappa shape index (κ2) is 10.1. The van der Waals surface area contributed by atoms with Crippen LogP contribution in [0.5, 0.6) is 0 Å². The molecular formula is C20H27ClFN5O2. The van der Waals surface area contributed by atoms with E-state index in [1.54, 1.807) is 12.1 Å². The van der Waals surface area contributed by atoms with Crippen LogP contribution in [0.4, 0.5) is 4.39 Å². The monoisotopic (exact) mass is 423 g/mol. The molecule has 9 heteroatoms. The van der Waals surface area contributed by atoms with E-state index in [9.17, 15) is 9.18 Å². The Balaban J connectivity index is 0.00000240. The largest absolute Gasteiger partial charge is 0.354 e. The van der Waals surface area contributed by atoms with E-state index in [4.69, 9.17) is 4.52 Å². The van der Waals surface area contributed by atoms with Gasteiger partial charge in [-0.15, -0.1) is 12.4 Å². The average Bonchev–Trinajstić information content (AvgIpc) is 3.39. The molecule has 2 atom stereocenters. The van der Waals surface area contributed by atoms with Gasteiger partial charge in [0, 0.05) is 18.7 Å². The van der Waals surface area contributed by atoms with Gasteiger partial charge >= 0.3 is 0 Å². The van der Waals surface area contributed by atoms with Crippen LogP contribution in [0.25, 0.3) is 11.4 Å². The molecule has 1 aromatic carbocycles. The number of carbonyl (C=O) groups excluding carboxylic acids is 1. The van der Waals surface area contributed by atoms with E-state index < -0.39 is 0 Å². The van der Waals surface area contributed by atoms with Gasteiger partial charge in [-0.1, -0.05) is 5.16 Å². The van der Waals surface area contributed by atoms with Crippen LogP contribution in [-0.4, -0.2) is 53.2 Å². The number of amides is 1. The maximum Gasteiger partial charge on any atom is 0.241 e. The number of halogens is 2. The highest BCUT2D eigenvalue weighted by atomic mass is 35.5. The lowest BCUT2D eigenvalue weighted by Gasteiger charge is -2.32. The van der Waals surface area contributed by atoms with E-state index in [1.165, 1.54) is 12.1 Å². The summed E-state index contributed by atoms with van der Waals surface area (Å²) in [6.45, 7) is 4.09.